The maximum Gasteiger partial charge on any atom is 0.0584 e. The molecule has 2 rings (SSSR count). The summed E-state index contributed by atoms with van der Waals surface area (Å²) in [5.74, 6) is 0.875. The first-order valence-electron chi connectivity index (χ1n) is 7.25. The van der Waals surface area contributed by atoms with Crippen LogP contribution >= 0.6 is 0 Å². The lowest BCUT2D eigenvalue weighted by atomic mass is 9.85. The van der Waals surface area contributed by atoms with E-state index < -0.39 is 0 Å². The molecule has 94 valence electrons. The van der Waals surface area contributed by atoms with E-state index in [0.717, 1.165) is 5.92 Å². The van der Waals surface area contributed by atoms with Crippen molar-refractivity contribution in [3.63, 3.8) is 0 Å². The van der Waals surface area contributed by atoms with Gasteiger partial charge < -0.3 is 10.4 Å². The Morgan fingerprint density at radius 2 is 1.56 bits per heavy atom. The summed E-state index contributed by atoms with van der Waals surface area (Å²) in [7, 11) is 0. The zero-order valence-corrected chi connectivity index (χ0v) is 10.5. The third kappa shape index (κ3) is 3.74. The van der Waals surface area contributed by atoms with Crippen molar-refractivity contribution in [1.82, 2.24) is 5.32 Å². The molecule has 0 heterocycles. The number of hydrogen-bond acceptors (Lipinski definition) is 2. The monoisotopic (exact) mass is 225 g/mol. The Morgan fingerprint density at radius 3 is 2.19 bits per heavy atom. The van der Waals surface area contributed by atoms with E-state index in [9.17, 15) is 5.11 Å². The summed E-state index contributed by atoms with van der Waals surface area (Å²) in [5.41, 5.74) is 0. The molecule has 0 radical (unpaired) electrons. The number of hydrogen-bond donors (Lipinski definition) is 2. The SMILES string of the molecule is OCC(CC1CCCCC1)NC1CCCC1. The lowest BCUT2D eigenvalue weighted by molar-refractivity contribution is 0.194. The molecule has 0 bridgehead atoms. The van der Waals surface area contributed by atoms with Crippen molar-refractivity contribution in [2.75, 3.05) is 6.61 Å². The first kappa shape index (κ1) is 12.4. The lowest BCUT2D eigenvalue weighted by Crippen LogP contribution is -2.40. The standard InChI is InChI=1S/C14H27NO/c16-11-14(15-13-8-4-5-9-13)10-12-6-2-1-3-7-12/h12-16H,1-11H2. The second kappa shape index (κ2) is 6.61. The molecule has 2 N–H and O–H groups in total. The molecule has 2 nitrogen and oxygen atoms in total. The maximum absolute atomic E-state index is 9.45. The van der Waals surface area contributed by atoms with Gasteiger partial charge in [0.1, 0.15) is 0 Å². The summed E-state index contributed by atoms with van der Waals surface area (Å²) in [5, 5.41) is 13.1. The molecular formula is C14H27NO. The van der Waals surface area contributed by atoms with Crippen molar-refractivity contribution < 1.29 is 5.11 Å². The van der Waals surface area contributed by atoms with Crippen LogP contribution < -0.4 is 5.32 Å². The molecule has 0 aromatic rings. The van der Waals surface area contributed by atoms with Crippen LogP contribution in [0.1, 0.15) is 64.2 Å². The predicted octanol–water partition coefficient (Wildman–Crippen LogP) is 2.85. The third-order valence-corrected chi connectivity index (χ3v) is 4.39. The lowest BCUT2D eigenvalue weighted by Gasteiger charge is -2.28. The zero-order chi connectivity index (χ0) is 11.2. The molecule has 16 heavy (non-hydrogen) atoms. The summed E-state index contributed by atoms with van der Waals surface area (Å²) in [6.07, 6.45) is 13.6. The quantitative estimate of drug-likeness (QED) is 0.754. The predicted molar refractivity (Wildman–Crippen MR) is 67.5 cm³/mol. The van der Waals surface area contributed by atoms with Gasteiger partial charge in [-0.05, 0) is 25.2 Å². The first-order chi connectivity index (χ1) is 7.88. The highest BCUT2D eigenvalue weighted by Gasteiger charge is 2.22. The summed E-state index contributed by atoms with van der Waals surface area (Å²) in [4.78, 5) is 0. The molecule has 0 aromatic carbocycles. The average molecular weight is 225 g/mol. The number of nitrogens with one attached hydrogen (secondary N) is 1. The molecule has 1 atom stereocenters. The fourth-order valence-corrected chi connectivity index (χ4v) is 3.45. The summed E-state index contributed by atoms with van der Waals surface area (Å²) < 4.78 is 0. The normalized spacial score (nSPS) is 26.1. The molecule has 2 heteroatoms. The van der Waals surface area contributed by atoms with Gasteiger partial charge in [0.25, 0.3) is 0 Å². The third-order valence-electron chi connectivity index (χ3n) is 4.39. The van der Waals surface area contributed by atoms with Gasteiger partial charge in [-0.3, -0.25) is 0 Å². The van der Waals surface area contributed by atoms with E-state index in [1.165, 1.54) is 64.2 Å². The molecule has 2 fully saturated rings. The van der Waals surface area contributed by atoms with Gasteiger partial charge in [0.15, 0.2) is 0 Å². The van der Waals surface area contributed by atoms with Gasteiger partial charge >= 0.3 is 0 Å². The second-order valence-corrected chi connectivity index (χ2v) is 5.77. The van der Waals surface area contributed by atoms with Gasteiger partial charge in [-0.2, -0.15) is 0 Å². The van der Waals surface area contributed by atoms with Crippen LogP contribution in [0.15, 0.2) is 0 Å². The van der Waals surface area contributed by atoms with E-state index in [1.807, 2.05) is 0 Å². The first-order valence-corrected chi connectivity index (χ1v) is 7.25. The Labute approximate surface area is 99.8 Å². The molecule has 0 aromatic heterocycles. The molecule has 0 amide bonds. The van der Waals surface area contributed by atoms with Gasteiger partial charge in [0, 0.05) is 12.1 Å². The molecule has 2 saturated carbocycles. The van der Waals surface area contributed by atoms with Gasteiger partial charge in [-0.25, -0.2) is 0 Å². The van der Waals surface area contributed by atoms with Crippen LogP contribution in [0.5, 0.6) is 0 Å². The van der Waals surface area contributed by atoms with Crippen LogP contribution in [0.2, 0.25) is 0 Å². The fourth-order valence-electron chi connectivity index (χ4n) is 3.45. The minimum absolute atomic E-state index is 0.326. The van der Waals surface area contributed by atoms with Crippen LogP contribution in [0.4, 0.5) is 0 Å². The second-order valence-electron chi connectivity index (χ2n) is 5.77. The molecule has 1 unspecified atom stereocenters. The van der Waals surface area contributed by atoms with E-state index >= 15 is 0 Å². The average Bonchev–Trinajstić information content (AvgIpc) is 2.82. The number of aliphatic hydroxyl groups is 1. The highest BCUT2D eigenvalue weighted by atomic mass is 16.3. The fraction of sp³-hybridized carbons (Fsp3) is 1.00. The maximum atomic E-state index is 9.45. The van der Waals surface area contributed by atoms with Crippen LogP contribution in [0, 0.1) is 5.92 Å². The van der Waals surface area contributed by atoms with E-state index in [-0.39, 0.29) is 0 Å². The zero-order valence-electron chi connectivity index (χ0n) is 10.5. The highest BCUT2D eigenvalue weighted by Crippen LogP contribution is 2.28. The summed E-state index contributed by atoms with van der Waals surface area (Å²) >= 11 is 0. The minimum Gasteiger partial charge on any atom is -0.395 e. The minimum atomic E-state index is 0.326. The van der Waals surface area contributed by atoms with Gasteiger partial charge in [-0.15, -0.1) is 0 Å². The van der Waals surface area contributed by atoms with E-state index in [0.29, 0.717) is 18.7 Å². The van der Waals surface area contributed by atoms with Gasteiger partial charge in [0.2, 0.25) is 0 Å². The number of aliphatic hydroxyl groups excluding tert-OH is 1. The molecule has 0 spiro atoms. The van der Waals surface area contributed by atoms with Gasteiger partial charge in [0.05, 0.1) is 6.61 Å². The van der Waals surface area contributed by atoms with E-state index in [1.54, 1.807) is 0 Å². The van der Waals surface area contributed by atoms with Crippen LogP contribution in [-0.4, -0.2) is 23.8 Å². The van der Waals surface area contributed by atoms with Crippen LogP contribution in [0.25, 0.3) is 0 Å². The summed E-state index contributed by atoms with van der Waals surface area (Å²) in [6, 6.07) is 1.06. The Balaban J connectivity index is 1.70. The van der Waals surface area contributed by atoms with E-state index in [4.69, 9.17) is 0 Å². The molecular weight excluding hydrogens is 198 g/mol. The van der Waals surface area contributed by atoms with Crippen molar-refractivity contribution in [2.24, 2.45) is 5.92 Å². The van der Waals surface area contributed by atoms with Crippen LogP contribution in [-0.2, 0) is 0 Å². The van der Waals surface area contributed by atoms with Crippen molar-refractivity contribution >= 4 is 0 Å². The Bertz CT molecular complexity index is 183. The topological polar surface area (TPSA) is 32.3 Å². The largest absolute Gasteiger partial charge is 0.395 e. The molecule has 0 aliphatic heterocycles. The smallest absolute Gasteiger partial charge is 0.0584 e. The van der Waals surface area contributed by atoms with Crippen molar-refractivity contribution in [1.29, 1.82) is 0 Å². The van der Waals surface area contributed by atoms with Crippen molar-refractivity contribution in [2.45, 2.75) is 76.3 Å². The van der Waals surface area contributed by atoms with E-state index in [2.05, 4.69) is 5.32 Å². The van der Waals surface area contributed by atoms with Crippen molar-refractivity contribution in [3.05, 3.63) is 0 Å². The Kier molecular flexibility index (Phi) is 5.11. The van der Waals surface area contributed by atoms with Crippen LogP contribution in [0.3, 0.4) is 0 Å². The van der Waals surface area contributed by atoms with Gasteiger partial charge in [-0.1, -0.05) is 44.9 Å². The number of rotatable bonds is 5. The molecule has 0 saturated heterocycles. The Morgan fingerprint density at radius 1 is 0.938 bits per heavy atom. The molecule has 2 aliphatic rings. The highest BCUT2D eigenvalue weighted by molar-refractivity contribution is 4.80. The summed E-state index contributed by atoms with van der Waals surface area (Å²) in [6.45, 7) is 0.326. The molecule has 2 aliphatic carbocycles. The Hall–Kier alpha value is -0.0800. The van der Waals surface area contributed by atoms with Crippen molar-refractivity contribution in [3.8, 4) is 0 Å².